The highest BCUT2D eigenvalue weighted by Crippen LogP contribution is 2.25. The number of ketones is 3. The van der Waals surface area contributed by atoms with Gasteiger partial charge in [-0.3, -0.25) is 14.4 Å². The minimum Gasteiger partial charge on any atom is -0.484 e. The molecular weight excluding hydrogens is 648 g/mol. The average Bonchev–Trinajstić information content (AvgIpc) is 3.96. The Morgan fingerprint density at radius 1 is 0.520 bits per heavy atom. The Hall–Kier alpha value is -4.82. The Labute approximate surface area is 297 Å². The SMILES string of the molecule is CC(=O)C#CC(C)O.CC(=O)C#CC(C)O.CC(=O)C#CC(C)O.CC(O)C#CC(=O)O.CC=C1OC1C.CC=C1OC1C.CC=C1OC1C. The number of carboxylic acid groups (broad SMARTS) is 1. The van der Waals surface area contributed by atoms with Crippen LogP contribution in [0.3, 0.4) is 0 Å². The highest BCUT2D eigenvalue weighted by atomic mass is 16.6. The van der Waals surface area contributed by atoms with Crippen LogP contribution in [-0.4, -0.2) is 91.6 Å². The summed E-state index contributed by atoms with van der Waals surface area (Å²) in [6.07, 6.45) is 4.31. The summed E-state index contributed by atoms with van der Waals surface area (Å²) >= 11 is 0. The second-order valence-corrected chi connectivity index (χ2v) is 10.1. The third-order valence-corrected chi connectivity index (χ3v) is 4.58. The number of aliphatic hydroxyl groups is 4. The Balaban J connectivity index is -0.000000247. The molecule has 12 heteroatoms. The van der Waals surface area contributed by atoms with E-state index in [-0.39, 0.29) is 17.3 Å². The molecule has 0 amide bonds. The Kier molecular flexibility index (Phi) is 32.7. The zero-order valence-electron chi connectivity index (χ0n) is 31.4. The number of hydrogen-bond acceptors (Lipinski definition) is 11. The minimum absolute atomic E-state index is 0.217. The molecule has 0 radical (unpaired) electrons. The fourth-order valence-electron chi connectivity index (χ4n) is 2.20. The molecule has 3 aliphatic rings. The molecule has 278 valence electrons. The molecule has 5 N–H and O–H groups in total. The molecule has 0 aliphatic carbocycles. The standard InChI is InChI=1S/3C6H8O2.C5H6O3.3C5H8O/c3*1-5(7)3-4-6(2)8;1-4(6)2-3-5(7)8;3*1-3-5-4(2)6-5/h3*5,7H,1-2H3;4,6H,1H3,(H,7,8);3*3-4H,1-2H3. The van der Waals surface area contributed by atoms with Crippen molar-refractivity contribution in [1.82, 2.24) is 0 Å². The molecule has 0 aromatic carbocycles. The van der Waals surface area contributed by atoms with Crippen molar-refractivity contribution < 1.29 is 58.9 Å². The van der Waals surface area contributed by atoms with Crippen LogP contribution in [0.15, 0.2) is 35.5 Å². The van der Waals surface area contributed by atoms with Crippen LogP contribution in [0.1, 0.15) is 90.0 Å². The predicted octanol–water partition coefficient (Wildman–Crippen LogP) is 3.26. The number of aliphatic carboxylic acids is 1. The van der Waals surface area contributed by atoms with Crippen LogP contribution >= 0.6 is 0 Å². The number of rotatable bonds is 0. The van der Waals surface area contributed by atoms with Gasteiger partial charge in [0.1, 0.15) is 41.7 Å². The van der Waals surface area contributed by atoms with E-state index in [0.717, 1.165) is 17.3 Å². The largest absolute Gasteiger partial charge is 0.484 e. The first-order chi connectivity index (χ1) is 23.0. The predicted molar refractivity (Wildman–Crippen MR) is 190 cm³/mol. The number of hydrogen-bond donors (Lipinski definition) is 5. The molecule has 3 fully saturated rings. The molecule has 3 aliphatic heterocycles. The van der Waals surface area contributed by atoms with Crippen molar-refractivity contribution in [3.63, 3.8) is 0 Å². The third-order valence-electron chi connectivity index (χ3n) is 4.58. The average molecular weight is 703 g/mol. The fourth-order valence-corrected chi connectivity index (χ4v) is 2.20. The van der Waals surface area contributed by atoms with Gasteiger partial charge in [0.25, 0.3) is 0 Å². The van der Waals surface area contributed by atoms with Gasteiger partial charge in [0.15, 0.2) is 18.3 Å². The maximum absolute atomic E-state index is 10.1. The van der Waals surface area contributed by atoms with Crippen molar-refractivity contribution in [2.75, 3.05) is 0 Å². The molecule has 7 unspecified atom stereocenters. The molecule has 12 nitrogen and oxygen atoms in total. The van der Waals surface area contributed by atoms with Crippen molar-refractivity contribution >= 4 is 23.3 Å². The Morgan fingerprint density at radius 3 is 0.740 bits per heavy atom. The van der Waals surface area contributed by atoms with Crippen LogP contribution in [0.2, 0.25) is 0 Å². The van der Waals surface area contributed by atoms with Crippen LogP contribution in [0.4, 0.5) is 0 Å². The lowest BCUT2D eigenvalue weighted by atomic mass is 10.4. The number of ether oxygens (including phenoxy) is 3. The molecule has 0 aromatic rings. The van der Waals surface area contributed by atoms with Crippen molar-refractivity contribution in [3.05, 3.63) is 35.5 Å². The molecule has 50 heavy (non-hydrogen) atoms. The smallest absolute Gasteiger partial charge is 0.381 e. The highest BCUT2D eigenvalue weighted by molar-refractivity contribution is 5.94. The number of carbonyl (C=O) groups is 4. The maximum Gasteiger partial charge on any atom is 0.381 e. The second-order valence-electron chi connectivity index (χ2n) is 10.1. The summed E-state index contributed by atoms with van der Waals surface area (Å²) in [6.45, 7) is 22.1. The number of carbonyl (C=O) groups excluding carboxylic acids is 3. The monoisotopic (exact) mass is 702 g/mol. The topological polar surface area (TPSA) is 207 Å². The lowest BCUT2D eigenvalue weighted by Gasteiger charge is -1.83. The van der Waals surface area contributed by atoms with E-state index in [2.05, 4.69) is 41.4 Å². The lowest BCUT2D eigenvalue weighted by molar-refractivity contribution is -0.130. The van der Waals surface area contributed by atoms with E-state index in [4.69, 9.17) is 39.7 Å². The minimum atomic E-state index is -1.22. The van der Waals surface area contributed by atoms with Gasteiger partial charge in [-0.1, -0.05) is 23.7 Å². The van der Waals surface area contributed by atoms with Gasteiger partial charge in [-0.05, 0) is 105 Å². The van der Waals surface area contributed by atoms with Crippen molar-refractivity contribution in [2.45, 2.75) is 133 Å². The molecule has 3 heterocycles. The number of allylic oxidation sites excluding steroid dienone is 3. The van der Waals surface area contributed by atoms with E-state index < -0.39 is 30.4 Å². The van der Waals surface area contributed by atoms with Crippen LogP contribution in [-0.2, 0) is 33.4 Å². The number of Topliss-reactive ketones (excluding diaryl/α,β-unsaturated/α-hetero) is 3. The van der Waals surface area contributed by atoms with Crippen LogP contribution in [0.25, 0.3) is 0 Å². The summed E-state index contributed by atoms with van der Waals surface area (Å²) in [5, 5.41) is 41.7. The van der Waals surface area contributed by atoms with E-state index in [1.807, 2.05) is 59.8 Å². The van der Waals surface area contributed by atoms with E-state index >= 15 is 0 Å². The van der Waals surface area contributed by atoms with Crippen LogP contribution in [0, 0.1) is 47.4 Å². The van der Waals surface area contributed by atoms with Gasteiger partial charge in [0, 0.05) is 26.7 Å². The van der Waals surface area contributed by atoms with E-state index in [9.17, 15) is 19.2 Å². The number of aliphatic hydroxyl groups excluding tert-OH is 4. The van der Waals surface area contributed by atoms with Crippen molar-refractivity contribution in [3.8, 4) is 47.4 Å². The van der Waals surface area contributed by atoms with E-state index in [1.54, 1.807) is 5.92 Å². The highest BCUT2D eigenvalue weighted by Gasteiger charge is 2.25. The first kappa shape index (κ1) is 52.0. The summed E-state index contributed by atoms with van der Waals surface area (Å²) in [5.41, 5.74) is 0. The lowest BCUT2D eigenvalue weighted by Crippen LogP contribution is -1.95. The first-order valence-electron chi connectivity index (χ1n) is 15.6. The molecule has 0 bridgehead atoms. The van der Waals surface area contributed by atoms with Gasteiger partial charge < -0.3 is 39.7 Å². The van der Waals surface area contributed by atoms with Gasteiger partial charge in [-0.2, -0.15) is 0 Å². The summed E-state index contributed by atoms with van der Waals surface area (Å²) in [4.78, 5) is 39.8. The molecule has 3 rings (SSSR count). The normalized spacial score (nSPS) is 20.3. The summed E-state index contributed by atoms with van der Waals surface area (Å²) in [7, 11) is 0. The summed E-state index contributed by atoms with van der Waals surface area (Å²) < 4.78 is 14.8. The Morgan fingerprint density at radius 2 is 0.700 bits per heavy atom. The molecular formula is C38H54O12. The van der Waals surface area contributed by atoms with Gasteiger partial charge in [-0.25, -0.2) is 4.79 Å². The van der Waals surface area contributed by atoms with Crippen LogP contribution in [0.5, 0.6) is 0 Å². The quantitative estimate of drug-likeness (QED) is 0.140. The van der Waals surface area contributed by atoms with Gasteiger partial charge >= 0.3 is 5.97 Å². The second kappa shape index (κ2) is 31.4. The molecule has 0 aromatic heterocycles. The molecule has 0 spiro atoms. The van der Waals surface area contributed by atoms with Crippen LogP contribution < -0.4 is 0 Å². The Bertz CT molecular complexity index is 1200. The zero-order chi connectivity index (χ0) is 40.0. The number of epoxide rings is 3. The molecule has 0 saturated carbocycles. The molecule has 3 saturated heterocycles. The zero-order valence-corrected chi connectivity index (χ0v) is 31.4. The third kappa shape index (κ3) is 50.0. The van der Waals surface area contributed by atoms with Gasteiger partial charge in [0.2, 0.25) is 17.3 Å². The van der Waals surface area contributed by atoms with E-state index in [1.165, 1.54) is 48.5 Å². The fraction of sp³-hybridized carbons (Fsp3) is 0.526. The van der Waals surface area contributed by atoms with E-state index in [0.29, 0.717) is 18.3 Å². The van der Waals surface area contributed by atoms with Gasteiger partial charge in [-0.15, -0.1) is 0 Å². The van der Waals surface area contributed by atoms with Crippen molar-refractivity contribution in [1.29, 1.82) is 0 Å². The summed E-state index contributed by atoms with van der Waals surface area (Å²) in [6, 6.07) is 0. The van der Waals surface area contributed by atoms with Gasteiger partial charge in [0.05, 0.1) is 0 Å². The summed E-state index contributed by atoms with van der Waals surface area (Å²) in [5.74, 6) is 18.9. The number of carboxylic acids is 1. The molecule has 7 atom stereocenters. The first-order valence-corrected chi connectivity index (χ1v) is 15.6. The maximum atomic E-state index is 10.1. The van der Waals surface area contributed by atoms with Crippen molar-refractivity contribution in [2.24, 2.45) is 0 Å².